The van der Waals surface area contributed by atoms with E-state index in [2.05, 4.69) is 0 Å². The van der Waals surface area contributed by atoms with Gasteiger partial charge in [0.05, 0.1) is 10.6 Å². The molecule has 1 aromatic carbocycles. The van der Waals surface area contributed by atoms with Crippen molar-refractivity contribution in [2.24, 2.45) is 11.1 Å². The normalized spacial score (nSPS) is 13.0. The Hall–Kier alpha value is -0.820. The second-order valence-corrected chi connectivity index (χ2v) is 7.35. The van der Waals surface area contributed by atoms with Gasteiger partial charge in [0, 0.05) is 18.6 Å². The molecule has 0 aliphatic rings. The Morgan fingerprint density at radius 3 is 2.43 bits per heavy atom. The fourth-order valence-electron chi connectivity index (χ4n) is 1.81. The first kappa shape index (κ1) is 18.2. The summed E-state index contributed by atoms with van der Waals surface area (Å²) in [6, 6.07) is 2.47. The minimum absolute atomic E-state index is 0.0268. The van der Waals surface area contributed by atoms with E-state index in [1.54, 1.807) is 7.05 Å². The van der Waals surface area contributed by atoms with E-state index in [1.165, 1.54) is 11.0 Å². The molecule has 0 aliphatic carbocycles. The second-order valence-electron chi connectivity index (χ2n) is 5.01. The molecule has 0 saturated heterocycles. The third kappa shape index (κ3) is 4.57. The van der Waals surface area contributed by atoms with Crippen LogP contribution in [-0.2, 0) is 10.0 Å². The molecule has 118 valence electrons. The molecule has 1 rings (SSSR count). The maximum absolute atomic E-state index is 12.4. The highest BCUT2D eigenvalue weighted by Gasteiger charge is 2.23. The zero-order valence-electron chi connectivity index (χ0n) is 12.1. The summed E-state index contributed by atoms with van der Waals surface area (Å²) in [5.74, 6) is -0.0812. The number of primary sulfonamides is 1. The Balaban J connectivity index is 3.25. The summed E-state index contributed by atoms with van der Waals surface area (Å²) in [4.78, 5) is 13.5. The average molecular weight is 353 g/mol. The van der Waals surface area contributed by atoms with Crippen LogP contribution in [0.15, 0.2) is 17.0 Å². The van der Waals surface area contributed by atoms with Crippen molar-refractivity contribution < 1.29 is 13.2 Å². The van der Waals surface area contributed by atoms with Gasteiger partial charge in [-0.25, -0.2) is 13.6 Å². The molecule has 5 nitrogen and oxygen atoms in total. The summed E-state index contributed by atoms with van der Waals surface area (Å²) in [5, 5.41) is 4.96. The van der Waals surface area contributed by atoms with Crippen LogP contribution < -0.4 is 5.14 Å². The number of hydrogen-bond donors (Lipinski definition) is 1. The average Bonchev–Trinajstić information content (AvgIpc) is 2.38. The Bertz CT molecular complexity index is 647. The monoisotopic (exact) mass is 352 g/mol. The van der Waals surface area contributed by atoms with Crippen molar-refractivity contribution in [3.05, 3.63) is 27.7 Å². The highest BCUT2D eigenvalue weighted by molar-refractivity contribution is 7.89. The summed E-state index contributed by atoms with van der Waals surface area (Å²) in [6.45, 7) is 4.57. The van der Waals surface area contributed by atoms with E-state index >= 15 is 0 Å². The number of sulfonamides is 1. The molecular formula is C13H18Cl2N2O3S. The molecule has 0 aliphatic heterocycles. The fourth-order valence-corrected chi connectivity index (χ4v) is 3.26. The van der Waals surface area contributed by atoms with E-state index < -0.39 is 15.9 Å². The van der Waals surface area contributed by atoms with Gasteiger partial charge >= 0.3 is 0 Å². The summed E-state index contributed by atoms with van der Waals surface area (Å²) >= 11 is 11.9. The van der Waals surface area contributed by atoms with Gasteiger partial charge in [0.1, 0.15) is 4.90 Å². The Kier molecular flexibility index (Phi) is 6.04. The smallest absolute Gasteiger partial charge is 0.255 e. The summed E-state index contributed by atoms with van der Waals surface area (Å²) in [5.41, 5.74) is 0.0268. The lowest BCUT2D eigenvalue weighted by Gasteiger charge is -2.22. The van der Waals surface area contributed by atoms with Gasteiger partial charge < -0.3 is 4.90 Å². The van der Waals surface area contributed by atoms with Crippen LogP contribution in [0, 0.1) is 5.92 Å². The minimum atomic E-state index is -4.05. The minimum Gasteiger partial charge on any atom is -0.341 e. The number of hydrogen-bond acceptors (Lipinski definition) is 3. The number of carbonyl (C=O) groups is 1. The first-order valence-corrected chi connectivity index (χ1v) is 8.65. The third-order valence-electron chi connectivity index (χ3n) is 3.17. The lowest BCUT2D eigenvalue weighted by molar-refractivity contribution is 0.0775. The van der Waals surface area contributed by atoms with Crippen molar-refractivity contribution in [2.75, 3.05) is 13.6 Å². The number of nitrogens with zero attached hydrogens (tertiary/aromatic N) is 1. The van der Waals surface area contributed by atoms with Crippen molar-refractivity contribution in [1.82, 2.24) is 4.90 Å². The molecule has 1 atom stereocenters. The van der Waals surface area contributed by atoms with Crippen LogP contribution in [-0.4, -0.2) is 32.8 Å². The van der Waals surface area contributed by atoms with Crippen molar-refractivity contribution in [2.45, 2.75) is 25.2 Å². The Labute approximate surface area is 135 Å². The van der Waals surface area contributed by atoms with E-state index in [4.69, 9.17) is 28.3 Å². The van der Waals surface area contributed by atoms with Gasteiger partial charge in [-0.2, -0.15) is 0 Å². The quantitative estimate of drug-likeness (QED) is 0.884. The molecule has 0 heterocycles. The SMILES string of the molecule is CCC(C)CN(C)C(=O)c1cc(Cl)cc(S(N)(=O)=O)c1Cl. The second kappa shape index (κ2) is 6.96. The Morgan fingerprint density at radius 1 is 1.38 bits per heavy atom. The molecule has 0 fully saturated rings. The Morgan fingerprint density at radius 2 is 1.95 bits per heavy atom. The first-order chi connectivity index (χ1) is 9.57. The summed E-state index contributed by atoms with van der Waals surface area (Å²) < 4.78 is 23.0. The topological polar surface area (TPSA) is 80.5 Å². The fraction of sp³-hybridized carbons (Fsp3) is 0.462. The molecule has 21 heavy (non-hydrogen) atoms. The number of nitrogens with two attached hydrogens (primary N) is 1. The largest absolute Gasteiger partial charge is 0.341 e. The van der Waals surface area contributed by atoms with Gasteiger partial charge in [-0.1, -0.05) is 43.5 Å². The number of rotatable bonds is 5. The summed E-state index contributed by atoms with van der Waals surface area (Å²) in [7, 11) is -2.43. The van der Waals surface area contributed by atoms with Gasteiger partial charge in [0.15, 0.2) is 0 Å². The molecule has 0 aromatic heterocycles. The van der Waals surface area contributed by atoms with Crippen LogP contribution in [0.2, 0.25) is 10.0 Å². The molecule has 1 amide bonds. The van der Waals surface area contributed by atoms with Crippen molar-refractivity contribution in [3.63, 3.8) is 0 Å². The van der Waals surface area contributed by atoms with Crippen LogP contribution >= 0.6 is 23.2 Å². The van der Waals surface area contributed by atoms with Gasteiger partial charge in [0.25, 0.3) is 5.91 Å². The lowest BCUT2D eigenvalue weighted by Crippen LogP contribution is -2.31. The van der Waals surface area contributed by atoms with E-state index in [0.29, 0.717) is 12.5 Å². The molecule has 0 bridgehead atoms. The standard InChI is InChI=1S/C13H18Cl2N2O3S/c1-4-8(2)7-17(3)13(18)10-5-9(14)6-11(12(10)15)21(16,19)20/h5-6,8H,4,7H2,1-3H3,(H2,16,19,20). The molecule has 0 saturated carbocycles. The molecule has 0 radical (unpaired) electrons. The number of amides is 1. The van der Waals surface area contributed by atoms with E-state index in [9.17, 15) is 13.2 Å². The lowest BCUT2D eigenvalue weighted by atomic mass is 10.1. The van der Waals surface area contributed by atoms with Gasteiger partial charge in [-0.05, 0) is 18.1 Å². The molecule has 1 aromatic rings. The highest BCUT2D eigenvalue weighted by Crippen LogP contribution is 2.29. The maximum atomic E-state index is 12.4. The van der Waals surface area contributed by atoms with Crippen molar-refractivity contribution in [1.29, 1.82) is 0 Å². The van der Waals surface area contributed by atoms with Gasteiger partial charge in [-0.15, -0.1) is 0 Å². The molecule has 8 heteroatoms. The van der Waals surface area contributed by atoms with Crippen LogP contribution in [0.5, 0.6) is 0 Å². The van der Waals surface area contributed by atoms with E-state index in [-0.39, 0.29) is 20.5 Å². The van der Waals surface area contributed by atoms with Crippen LogP contribution in [0.25, 0.3) is 0 Å². The zero-order chi connectivity index (χ0) is 16.4. The van der Waals surface area contributed by atoms with Crippen LogP contribution in [0.3, 0.4) is 0 Å². The van der Waals surface area contributed by atoms with Crippen LogP contribution in [0.1, 0.15) is 30.6 Å². The van der Waals surface area contributed by atoms with Crippen molar-refractivity contribution >= 4 is 39.1 Å². The molecule has 0 spiro atoms. The van der Waals surface area contributed by atoms with E-state index in [1.807, 2.05) is 13.8 Å². The van der Waals surface area contributed by atoms with Gasteiger partial charge in [0.2, 0.25) is 10.0 Å². The number of benzene rings is 1. The number of carbonyl (C=O) groups excluding carboxylic acids is 1. The maximum Gasteiger partial charge on any atom is 0.255 e. The predicted molar refractivity (Wildman–Crippen MR) is 84.3 cm³/mol. The van der Waals surface area contributed by atoms with Crippen LogP contribution in [0.4, 0.5) is 0 Å². The molecular weight excluding hydrogens is 335 g/mol. The predicted octanol–water partition coefficient (Wildman–Crippen LogP) is 2.76. The highest BCUT2D eigenvalue weighted by atomic mass is 35.5. The molecule has 2 N–H and O–H groups in total. The summed E-state index contributed by atoms with van der Waals surface area (Å²) in [6.07, 6.45) is 0.920. The zero-order valence-corrected chi connectivity index (χ0v) is 14.4. The number of halogens is 2. The first-order valence-electron chi connectivity index (χ1n) is 6.35. The van der Waals surface area contributed by atoms with Crippen molar-refractivity contribution in [3.8, 4) is 0 Å². The third-order valence-corrected chi connectivity index (χ3v) is 4.84. The molecule has 1 unspecified atom stereocenters. The van der Waals surface area contributed by atoms with Gasteiger partial charge in [-0.3, -0.25) is 4.79 Å². The van der Waals surface area contributed by atoms with E-state index in [0.717, 1.165) is 12.5 Å².